The summed E-state index contributed by atoms with van der Waals surface area (Å²) in [6.45, 7) is 2.42. The Bertz CT molecular complexity index is 370. The fourth-order valence-corrected chi connectivity index (χ4v) is 1.32. The second-order valence-electron chi connectivity index (χ2n) is 3.12. The number of carbonyl (C=O) groups is 1. The summed E-state index contributed by atoms with van der Waals surface area (Å²) in [4.78, 5) is 11.7. The number of carbonyl (C=O) groups excluding carboxylic acids is 1. The molecule has 1 aromatic rings. The summed E-state index contributed by atoms with van der Waals surface area (Å²) in [7, 11) is 0. The van der Waals surface area contributed by atoms with Crippen LogP contribution < -0.4 is 5.32 Å². The lowest BCUT2D eigenvalue weighted by molar-refractivity contribution is 0.0954. The Hall–Kier alpha value is -0.610. The quantitative estimate of drug-likeness (QED) is 0.853. The third-order valence-corrected chi connectivity index (χ3v) is 2.34. The SMILES string of the molecule is CC(Br)CNC(=O)c1ccc(F)c(Cl)c1. The van der Waals surface area contributed by atoms with Crippen LogP contribution in [0.1, 0.15) is 17.3 Å². The van der Waals surface area contributed by atoms with Crippen molar-refractivity contribution in [2.45, 2.75) is 11.8 Å². The highest BCUT2D eigenvalue weighted by Crippen LogP contribution is 2.15. The summed E-state index contributed by atoms with van der Waals surface area (Å²) in [6, 6.07) is 3.88. The number of halogens is 3. The third-order valence-electron chi connectivity index (χ3n) is 1.73. The smallest absolute Gasteiger partial charge is 0.251 e. The summed E-state index contributed by atoms with van der Waals surface area (Å²) in [5, 5.41) is 2.63. The Morgan fingerprint density at radius 3 is 2.87 bits per heavy atom. The maximum Gasteiger partial charge on any atom is 0.251 e. The number of nitrogens with one attached hydrogen (secondary N) is 1. The fourth-order valence-electron chi connectivity index (χ4n) is 0.973. The average Bonchev–Trinajstić information content (AvgIpc) is 2.18. The normalized spacial score (nSPS) is 12.3. The lowest BCUT2D eigenvalue weighted by Gasteiger charge is -2.06. The van der Waals surface area contributed by atoms with Gasteiger partial charge in [0, 0.05) is 16.9 Å². The second-order valence-corrected chi connectivity index (χ2v) is 5.09. The summed E-state index contributed by atoms with van der Waals surface area (Å²) >= 11 is 8.86. The second kappa shape index (κ2) is 5.47. The molecule has 0 aromatic heterocycles. The molecule has 0 saturated carbocycles. The van der Waals surface area contributed by atoms with Crippen molar-refractivity contribution in [2.75, 3.05) is 6.54 Å². The van der Waals surface area contributed by atoms with Crippen LogP contribution in [-0.2, 0) is 0 Å². The Labute approximate surface area is 101 Å². The summed E-state index contributed by atoms with van der Waals surface area (Å²) < 4.78 is 12.8. The molecule has 0 aliphatic heterocycles. The number of rotatable bonds is 3. The molecule has 82 valence electrons. The Morgan fingerprint density at radius 1 is 1.67 bits per heavy atom. The number of amides is 1. The first-order valence-corrected chi connectivity index (χ1v) is 5.67. The van der Waals surface area contributed by atoms with E-state index in [0.29, 0.717) is 12.1 Å². The van der Waals surface area contributed by atoms with Crippen molar-refractivity contribution in [1.29, 1.82) is 0 Å². The molecule has 5 heteroatoms. The van der Waals surface area contributed by atoms with Gasteiger partial charge in [-0.05, 0) is 18.2 Å². The van der Waals surface area contributed by atoms with E-state index in [1.165, 1.54) is 18.2 Å². The van der Waals surface area contributed by atoms with E-state index in [1.54, 1.807) is 0 Å². The predicted octanol–water partition coefficient (Wildman–Crippen LogP) is 2.99. The zero-order valence-electron chi connectivity index (χ0n) is 8.06. The minimum Gasteiger partial charge on any atom is -0.351 e. The highest BCUT2D eigenvalue weighted by Gasteiger charge is 2.08. The van der Waals surface area contributed by atoms with Gasteiger partial charge in [-0.15, -0.1) is 0 Å². The molecule has 1 atom stereocenters. The van der Waals surface area contributed by atoms with Gasteiger partial charge in [-0.2, -0.15) is 0 Å². The molecule has 0 radical (unpaired) electrons. The molecule has 0 bridgehead atoms. The monoisotopic (exact) mass is 293 g/mol. The lowest BCUT2D eigenvalue weighted by Crippen LogP contribution is -2.28. The van der Waals surface area contributed by atoms with Crippen molar-refractivity contribution in [3.05, 3.63) is 34.6 Å². The summed E-state index contributed by atoms with van der Waals surface area (Å²) in [5.41, 5.74) is 0.356. The molecule has 1 amide bonds. The minimum atomic E-state index is -0.526. The third kappa shape index (κ3) is 3.80. The van der Waals surface area contributed by atoms with Crippen molar-refractivity contribution < 1.29 is 9.18 Å². The summed E-state index contributed by atoms with van der Waals surface area (Å²) in [6.07, 6.45) is 0. The van der Waals surface area contributed by atoms with Crippen LogP contribution in [0.5, 0.6) is 0 Å². The van der Waals surface area contributed by atoms with Gasteiger partial charge in [0.1, 0.15) is 5.82 Å². The van der Waals surface area contributed by atoms with Crippen molar-refractivity contribution in [2.24, 2.45) is 0 Å². The van der Waals surface area contributed by atoms with E-state index >= 15 is 0 Å². The van der Waals surface area contributed by atoms with Crippen molar-refractivity contribution >= 4 is 33.4 Å². The molecular formula is C10H10BrClFNO. The molecular weight excluding hydrogens is 284 g/mol. The van der Waals surface area contributed by atoms with Gasteiger partial charge in [0.25, 0.3) is 5.91 Å². The molecule has 1 rings (SSSR count). The highest BCUT2D eigenvalue weighted by molar-refractivity contribution is 9.09. The maximum atomic E-state index is 12.8. The van der Waals surface area contributed by atoms with Gasteiger partial charge in [-0.3, -0.25) is 4.79 Å². The highest BCUT2D eigenvalue weighted by atomic mass is 79.9. The topological polar surface area (TPSA) is 29.1 Å². The van der Waals surface area contributed by atoms with Crippen molar-refractivity contribution in [3.63, 3.8) is 0 Å². The standard InChI is InChI=1S/C10H10BrClFNO/c1-6(11)5-14-10(15)7-2-3-9(13)8(12)4-7/h2-4,6H,5H2,1H3,(H,14,15). The van der Waals surface area contributed by atoms with Crippen LogP contribution in [0.3, 0.4) is 0 Å². The molecule has 1 aromatic carbocycles. The first-order valence-electron chi connectivity index (χ1n) is 4.38. The Morgan fingerprint density at radius 2 is 2.33 bits per heavy atom. The Kier molecular flexibility index (Phi) is 4.54. The van der Waals surface area contributed by atoms with Crippen LogP contribution in [-0.4, -0.2) is 17.3 Å². The van der Waals surface area contributed by atoms with E-state index in [9.17, 15) is 9.18 Å². The molecule has 0 heterocycles. The van der Waals surface area contributed by atoms with Gasteiger partial charge in [-0.1, -0.05) is 34.5 Å². The molecule has 1 N–H and O–H groups in total. The largest absolute Gasteiger partial charge is 0.351 e. The van der Waals surface area contributed by atoms with Crippen LogP contribution in [0.4, 0.5) is 4.39 Å². The molecule has 0 aliphatic rings. The number of benzene rings is 1. The van der Waals surface area contributed by atoms with Crippen molar-refractivity contribution in [1.82, 2.24) is 5.32 Å². The van der Waals surface area contributed by atoms with Crippen LogP contribution in [0, 0.1) is 5.82 Å². The molecule has 0 fully saturated rings. The lowest BCUT2D eigenvalue weighted by atomic mass is 10.2. The minimum absolute atomic E-state index is 0.0467. The maximum absolute atomic E-state index is 12.8. The van der Waals surface area contributed by atoms with E-state index in [2.05, 4.69) is 21.2 Å². The predicted molar refractivity (Wildman–Crippen MR) is 62.1 cm³/mol. The van der Waals surface area contributed by atoms with E-state index in [4.69, 9.17) is 11.6 Å². The van der Waals surface area contributed by atoms with E-state index in [-0.39, 0.29) is 15.8 Å². The molecule has 0 saturated heterocycles. The molecule has 0 spiro atoms. The summed E-state index contributed by atoms with van der Waals surface area (Å²) in [5.74, 6) is -0.787. The number of hydrogen-bond acceptors (Lipinski definition) is 1. The van der Waals surface area contributed by atoms with Crippen LogP contribution in [0.25, 0.3) is 0 Å². The van der Waals surface area contributed by atoms with Crippen LogP contribution in [0.2, 0.25) is 5.02 Å². The number of alkyl halides is 1. The zero-order valence-corrected chi connectivity index (χ0v) is 10.4. The van der Waals surface area contributed by atoms with Gasteiger partial charge in [0.15, 0.2) is 0 Å². The first kappa shape index (κ1) is 12.5. The molecule has 2 nitrogen and oxygen atoms in total. The van der Waals surface area contributed by atoms with Gasteiger partial charge < -0.3 is 5.32 Å². The van der Waals surface area contributed by atoms with Crippen molar-refractivity contribution in [3.8, 4) is 0 Å². The van der Waals surface area contributed by atoms with Gasteiger partial charge in [-0.25, -0.2) is 4.39 Å². The van der Waals surface area contributed by atoms with E-state index in [0.717, 1.165) is 0 Å². The van der Waals surface area contributed by atoms with Gasteiger partial charge in [0.2, 0.25) is 0 Å². The van der Waals surface area contributed by atoms with Crippen LogP contribution >= 0.6 is 27.5 Å². The fraction of sp³-hybridized carbons (Fsp3) is 0.300. The van der Waals surface area contributed by atoms with Gasteiger partial charge in [0.05, 0.1) is 5.02 Å². The Balaban J connectivity index is 2.70. The first-order chi connectivity index (χ1) is 7.00. The molecule has 0 aliphatic carbocycles. The number of hydrogen-bond donors (Lipinski definition) is 1. The van der Waals surface area contributed by atoms with Crippen LogP contribution in [0.15, 0.2) is 18.2 Å². The molecule has 1 unspecified atom stereocenters. The van der Waals surface area contributed by atoms with E-state index < -0.39 is 5.82 Å². The van der Waals surface area contributed by atoms with E-state index in [1.807, 2.05) is 6.92 Å². The molecule has 15 heavy (non-hydrogen) atoms. The van der Waals surface area contributed by atoms with Gasteiger partial charge >= 0.3 is 0 Å². The zero-order chi connectivity index (χ0) is 11.4. The average molecular weight is 295 g/mol.